The van der Waals surface area contributed by atoms with Crippen molar-refractivity contribution in [2.45, 2.75) is 64.8 Å². The molecule has 1 atom stereocenters. The summed E-state index contributed by atoms with van der Waals surface area (Å²) >= 11 is 0. The summed E-state index contributed by atoms with van der Waals surface area (Å²) in [6.45, 7) is 9.78. The molecule has 1 saturated carbocycles. The SMILES string of the molecule is CCCCN(C)CCN=C(NCC)NC1CCN(C(=O)C2CCCC2)C1. The summed E-state index contributed by atoms with van der Waals surface area (Å²) in [6, 6.07) is 0.316. The van der Waals surface area contributed by atoms with Crippen LogP contribution < -0.4 is 10.6 Å². The maximum Gasteiger partial charge on any atom is 0.225 e. The van der Waals surface area contributed by atoms with Gasteiger partial charge in [0.05, 0.1) is 6.54 Å². The number of nitrogens with one attached hydrogen (secondary N) is 2. The molecule has 1 saturated heterocycles. The Morgan fingerprint density at radius 3 is 2.65 bits per heavy atom. The molecule has 150 valence electrons. The fraction of sp³-hybridized carbons (Fsp3) is 0.900. The van der Waals surface area contributed by atoms with E-state index in [2.05, 4.69) is 41.3 Å². The molecule has 2 aliphatic rings. The summed E-state index contributed by atoms with van der Waals surface area (Å²) in [4.78, 5) is 21.7. The summed E-state index contributed by atoms with van der Waals surface area (Å²) < 4.78 is 0. The second-order valence-corrected chi connectivity index (χ2v) is 7.81. The Kier molecular flexibility index (Phi) is 9.23. The third kappa shape index (κ3) is 6.78. The summed E-state index contributed by atoms with van der Waals surface area (Å²) in [6.07, 6.45) is 8.10. The van der Waals surface area contributed by atoms with Crippen molar-refractivity contribution in [3.8, 4) is 0 Å². The van der Waals surface area contributed by atoms with E-state index in [1.807, 2.05) is 0 Å². The number of rotatable bonds is 9. The summed E-state index contributed by atoms with van der Waals surface area (Å²) in [5.41, 5.74) is 0. The van der Waals surface area contributed by atoms with Crippen LogP contribution in [0.4, 0.5) is 0 Å². The van der Waals surface area contributed by atoms with Crippen molar-refractivity contribution >= 4 is 11.9 Å². The average Bonchev–Trinajstić information content (AvgIpc) is 3.31. The molecule has 0 aromatic rings. The van der Waals surface area contributed by atoms with Crippen LogP contribution >= 0.6 is 0 Å². The number of aliphatic imine (C=N–C) groups is 1. The molecule has 1 unspecified atom stereocenters. The van der Waals surface area contributed by atoms with Gasteiger partial charge < -0.3 is 20.4 Å². The number of carbonyl (C=O) groups is 1. The predicted molar refractivity (Wildman–Crippen MR) is 108 cm³/mol. The van der Waals surface area contributed by atoms with Gasteiger partial charge in [0.2, 0.25) is 5.91 Å². The van der Waals surface area contributed by atoms with Gasteiger partial charge in [0.1, 0.15) is 0 Å². The van der Waals surface area contributed by atoms with Gasteiger partial charge in [-0.05, 0) is 46.2 Å². The molecule has 1 heterocycles. The molecule has 2 N–H and O–H groups in total. The highest BCUT2D eigenvalue weighted by Gasteiger charge is 2.32. The highest BCUT2D eigenvalue weighted by Crippen LogP contribution is 2.27. The highest BCUT2D eigenvalue weighted by molar-refractivity contribution is 5.81. The topological polar surface area (TPSA) is 60.0 Å². The van der Waals surface area contributed by atoms with Gasteiger partial charge in [0.15, 0.2) is 5.96 Å². The number of hydrogen-bond donors (Lipinski definition) is 2. The van der Waals surface area contributed by atoms with Crippen LogP contribution in [0.25, 0.3) is 0 Å². The molecule has 26 heavy (non-hydrogen) atoms. The fourth-order valence-electron chi connectivity index (χ4n) is 3.89. The van der Waals surface area contributed by atoms with Crippen molar-refractivity contribution in [3.63, 3.8) is 0 Å². The van der Waals surface area contributed by atoms with Crippen LogP contribution in [0, 0.1) is 5.92 Å². The molecule has 1 aliphatic heterocycles. The van der Waals surface area contributed by atoms with Crippen LogP contribution in [-0.2, 0) is 4.79 Å². The quantitative estimate of drug-likeness (QED) is 0.485. The third-order valence-corrected chi connectivity index (χ3v) is 5.53. The zero-order chi connectivity index (χ0) is 18.8. The number of nitrogens with zero attached hydrogens (tertiary/aromatic N) is 3. The lowest BCUT2D eigenvalue weighted by Gasteiger charge is -2.21. The summed E-state index contributed by atoms with van der Waals surface area (Å²) in [7, 11) is 2.16. The molecular formula is C20H39N5O. The number of carbonyl (C=O) groups excluding carboxylic acids is 1. The van der Waals surface area contributed by atoms with Crippen molar-refractivity contribution in [1.82, 2.24) is 20.4 Å². The predicted octanol–water partition coefficient (Wildman–Crippen LogP) is 2.06. The minimum atomic E-state index is 0.286. The largest absolute Gasteiger partial charge is 0.357 e. The maximum atomic E-state index is 12.6. The number of unbranched alkanes of at least 4 members (excludes halogenated alkanes) is 1. The number of likely N-dealkylation sites (tertiary alicyclic amines) is 1. The van der Waals surface area contributed by atoms with E-state index in [1.54, 1.807) is 0 Å². The Balaban J connectivity index is 1.76. The van der Waals surface area contributed by atoms with Gasteiger partial charge in [0.25, 0.3) is 0 Å². The van der Waals surface area contributed by atoms with Gasteiger partial charge in [-0.2, -0.15) is 0 Å². The smallest absolute Gasteiger partial charge is 0.225 e. The molecule has 6 nitrogen and oxygen atoms in total. The monoisotopic (exact) mass is 365 g/mol. The Hall–Kier alpha value is -1.30. The van der Waals surface area contributed by atoms with Gasteiger partial charge in [-0.3, -0.25) is 9.79 Å². The first-order valence-corrected chi connectivity index (χ1v) is 10.7. The normalized spacial score (nSPS) is 21.6. The molecule has 2 rings (SSSR count). The van der Waals surface area contributed by atoms with Crippen LogP contribution in [0.1, 0.15) is 58.8 Å². The fourth-order valence-corrected chi connectivity index (χ4v) is 3.89. The Morgan fingerprint density at radius 1 is 1.19 bits per heavy atom. The average molecular weight is 366 g/mol. The van der Waals surface area contributed by atoms with Crippen molar-refractivity contribution in [1.29, 1.82) is 0 Å². The van der Waals surface area contributed by atoms with E-state index < -0.39 is 0 Å². The van der Waals surface area contributed by atoms with Crippen LogP contribution in [-0.4, -0.2) is 74.0 Å². The van der Waals surface area contributed by atoms with Crippen molar-refractivity contribution in [2.75, 3.05) is 46.3 Å². The summed E-state index contributed by atoms with van der Waals surface area (Å²) in [5.74, 6) is 1.55. The van der Waals surface area contributed by atoms with Crippen LogP contribution in [0.15, 0.2) is 4.99 Å². The zero-order valence-corrected chi connectivity index (χ0v) is 17.1. The first kappa shape index (κ1) is 21.0. The van der Waals surface area contributed by atoms with Gasteiger partial charge in [-0.15, -0.1) is 0 Å². The lowest BCUT2D eigenvalue weighted by atomic mass is 10.1. The number of guanidine groups is 1. The molecule has 0 aromatic carbocycles. The summed E-state index contributed by atoms with van der Waals surface area (Å²) in [5, 5.41) is 6.88. The lowest BCUT2D eigenvalue weighted by molar-refractivity contribution is -0.134. The molecule has 1 amide bonds. The molecule has 1 aliphatic carbocycles. The van der Waals surface area contributed by atoms with E-state index in [0.717, 1.165) is 64.5 Å². The van der Waals surface area contributed by atoms with E-state index in [9.17, 15) is 4.79 Å². The minimum Gasteiger partial charge on any atom is -0.357 e. The van der Waals surface area contributed by atoms with Crippen LogP contribution in [0.5, 0.6) is 0 Å². The van der Waals surface area contributed by atoms with E-state index in [1.165, 1.54) is 25.7 Å². The molecular weight excluding hydrogens is 326 g/mol. The van der Waals surface area contributed by atoms with E-state index in [-0.39, 0.29) is 5.92 Å². The molecule has 0 aromatic heterocycles. The number of amides is 1. The van der Waals surface area contributed by atoms with Gasteiger partial charge >= 0.3 is 0 Å². The first-order valence-electron chi connectivity index (χ1n) is 10.7. The van der Waals surface area contributed by atoms with Crippen molar-refractivity contribution in [2.24, 2.45) is 10.9 Å². The van der Waals surface area contributed by atoms with Crippen molar-refractivity contribution in [3.05, 3.63) is 0 Å². The van der Waals surface area contributed by atoms with E-state index >= 15 is 0 Å². The molecule has 0 bridgehead atoms. The highest BCUT2D eigenvalue weighted by atomic mass is 16.2. The molecule has 0 spiro atoms. The second kappa shape index (κ2) is 11.4. The van der Waals surface area contributed by atoms with Crippen molar-refractivity contribution < 1.29 is 4.79 Å². The zero-order valence-electron chi connectivity index (χ0n) is 17.1. The molecule has 2 fully saturated rings. The van der Waals surface area contributed by atoms with Crippen LogP contribution in [0.2, 0.25) is 0 Å². The van der Waals surface area contributed by atoms with E-state index in [4.69, 9.17) is 4.99 Å². The Bertz CT molecular complexity index is 447. The van der Waals surface area contributed by atoms with Gasteiger partial charge in [-0.25, -0.2) is 0 Å². The van der Waals surface area contributed by atoms with Gasteiger partial charge in [-0.1, -0.05) is 26.2 Å². The number of hydrogen-bond acceptors (Lipinski definition) is 3. The Labute approximate surface area is 159 Å². The third-order valence-electron chi connectivity index (χ3n) is 5.53. The second-order valence-electron chi connectivity index (χ2n) is 7.81. The molecule has 0 radical (unpaired) electrons. The first-order chi connectivity index (χ1) is 12.6. The molecule has 6 heteroatoms. The minimum absolute atomic E-state index is 0.286. The lowest BCUT2D eigenvalue weighted by Crippen LogP contribution is -2.45. The van der Waals surface area contributed by atoms with Gasteiger partial charge in [0, 0.05) is 38.1 Å². The Morgan fingerprint density at radius 2 is 1.96 bits per heavy atom. The number of likely N-dealkylation sites (N-methyl/N-ethyl adjacent to an activating group) is 1. The van der Waals surface area contributed by atoms with Crippen LogP contribution in [0.3, 0.4) is 0 Å². The maximum absolute atomic E-state index is 12.6. The standard InChI is InChI=1S/C20H39N5O/c1-4-6-13-24(3)15-12-22-20(21-5-2)23-18-11-14-25(16-18)19(26)17-9-7-8-10-17/h17-18H,4-16H2,1-3H3,(H2,21,22,23). The van der Waals surface area contributed by atoms with E-state index in [0.29, 0.717) is 11.9 Å².